The third-order valence-corrected chi connectivity index (χ3v) is 5.93. The molecule has 0 bridgehead atoms. The Morgan fingerprint density at radius 1 is 1.20 bits per heavy atom. The van der Waals surface area contributed by atoms with Crippen LogP contribution in [0.2, 0.25) is 0 Å². The van der Waals surface area contributed by atoms with Gasteiger partial charge >= 0.3 is 0 Å². The summed E-state index contributed by atoms with van der Waals surface area (Å²) in [5.74, 6) is 0.950. The molecule has 35 heavy (non-hydrogen) atoms. The average molecular weight is 475 g/mol. The molecule has 1 amide bonds. The molecular formula is C26H30N6O3. The number of pyridine rings is 2. The Morgan fingerprint density at radius 2 is 2.00 bits per heavy atom. The zero-order valence-electron chi connectivity index (χ0n) is 19.9. The second kappa shape index (κ2) is 11.1. The highest BCUT2D eigenvalue weighted by Gasteiger charge is 2.23. The molecule has 3 aromatic rings. The number of aliphatic hydroxyl groups is 1. The summed E-state index contributed by atoms with van der Waals surface area (Å²) in [6.07, 6.45) is 3.65. The lowest BCUT2D eigenvalue weighted by Crippen LogP contribution is -2.50. The van der Waals surface area contributed by atoms with Crippen LogP contribution in [0.15, 0.2) is 54.7 Å². The standard InChI is InChI=1S/C26H30N6O3/c1-18(33)26(34)32-13-11-31(12-14-32)17-21-5-3-19-15-22(6-7-24(19)30-21)35-25-8-4-20(16-29-25)23(28-2)9-10-27/h3-10,15-16,18,27-28,33H,11-14,17H2,1-2H3/b23-9-,27-10?. The number of carbonyl (C=O) groups excluding carboxylic acids is 1. The molecule has 1 atom stereocenters. The maximum absolute atomic E-state index is 11.9. The van der Waals surface area contributed by atoms with Crippen LogP contribution in [0.3, 0.4) is 0 Å². The summed E-state index contributed by atoms with van der Waals surface area (Å²) >= 11 is 0. The maximum atomic E-state index is 11.9. The third-order valence-electron chi connectivity index (χ3n) is 5.93. The van der Waals surface area contributed by atoms with E-state index in [1.807, 2.05) is 36.4 Å². The molecule has 9 heteroatoms. The molecule has 4 rings (SSSR count). The molecule has 1 aromatic carbocycles. The van der Waals surface area contributed by atoms with E-state index in [0.29, 0.717) is 31.3 Å². The van der Waals surface area contributed by atoms with Crippen LogP contribution in [0.4, 0.5) is 0 Å². The second-order valence-electron chi connectivity index (χ2n) is 8.42. The molecule has 0 saturated carbocycles. The van der Waals surface area contributed by atoms with E-state index >= 15 is 0 Å². The number of aromatic nitrogens is 2. The third kappa shape index (κ3) is 6.00. The number of aliphatic hydroxyl groups excluding tert-OH is 1. The lowest BCUT2D eigenvalue weighted by atomic mass is 10.2. The van der Waals surface area contributed by atoms with Crippen LogP contribution in [-0.2, 0) is 11.3 Å². The number of carbonyl (C=O) groups is 1. The minimum atomic E-state index is -0.950. The first kappa shape index (κ1) is 24.3. The van der Waals surface area contributed by atoms with Crippen molar-refractivity contribution < 1.29 is 14.6 Å². The Kier molecular flexibility index (Phi) is 7.69. The number of nitrogens with one attached hydrogen (secondary N) is 2. The first-order chi connectivity index (χ1) is 17.0. The number of amides is 1. The van der Waals surface area contributed by atoms with E-state index in [-0.39, 0.29) is 5.91 Å². The van der Waals surface area contributed by atoms with Gasteiger partial charge in [-0.15, -0.1) is 0 Å². The van der Waals surface area contributed by atoms with Crippen molar-refractivity contribution in [2.75, 3.05) is 33.2 Å². The Balaban J connectivity index is 1.38. The van der Waals surface area contributed by atoms with E-state index in [1.54, 1.807) is 30.3 Å². The molecule has 182 valence electrons. The van der Waals surface area contributed by atoms with Gasteiger partial charge in [0.2, 0.25) is 5.88 Å². The highest BCUT2D eigenvalue weighted by molar-refractivity contribution is 5.82. The molecule has 3 N–H and O–H groups in total. The van der Waals surface area contributed by atoms with Crippen molar-refractivity contribution in [1.29, 1.82) is 5.41 Å². The monoisotopic (exact) mass is 474 g/mol. The molecule has 0 radical (unpaired) electrons. The smallest absolute Gasteiger partial charge is 0.251 e. The van der Waals surface area contributed by atoms with Gasteiger partial charge in [-0.2, -0.15) is 0 Å². The van der Waals surface area contributed by atoms with Crippen molar-refractivity contribution in [1.82, 2.24) is 25.1 Å². The Bertz CT molecular complexity index is 1220. The van der Waals surface area contributed by atoms with Gasteiger partial charge in [-0.3, -0.25) is 14.7 Å². The topological polar surface area (TPSA) is 115 Å². The molecule has 9 nitrogen and oxygen atoms in total. The Hall–Kier alpha value is -3.82. The molecule has 3 heterocycles. The Morgan fingerprint density at radius 3 is 2.66 bits per heavy atom. The fraction of sp³-hybridized carbons (Fsp3) is 0.308. The van der Waals surface area contributed by atoms with Gasteiger partial charge in [-0.05, 0) is 43.3 Å². The summed E-state index contributed by atoms with van der Waals surface area (Å²) in [6, 6.07) is 13.5. The lowest BCUT2D eigenvalue weighted by molar-refractivity contribution is -0.141. The second-order valence-corrected chi connectivity index (χ2v) is 8.42. The molecular weight excluding hydrogens is 444 g/mol. The fourth-order valence-corrected chi connectivity index (χ4v) is 4.05. The number of benzene rings is 1. The van der Waals surface area contributed by atoms with Gasteiger partial charge in [-0.1, -0.05) is 6.07 Å². The molecule has 1 aliphatic rings. The molecule has 1 fully saturated rings. The van der Waals surface area contributed by atoms with Crippen LogP contribution < -0.4 is 10.1 Å². The van der Waals surface area contributed by atoms with Crippen molar-refractivity contribution >= 4 is 28.7 Å². The fourth-order valence-electron chi connectivity index (χ4n) is 4.05. The largest absolute Gasteiger partial charge is 0.439 e. The molecule has 0 aliphatic carbocycles. The van der Waals surface area contributed by atoms with Gasteiger partial charge < -0.3 is 25.5 Å². The van der Waals surface area contributed by atoms with Gasteiger partial charge in [-0.25, -0.2) is 4.98 Å². The van der Waals surface area contributed by atoms with Crippen LogP contribution in [-0.4, -0.2) is 76.3 Å². The van der Waals surface area contributed by atoms with Crippen LogP contribution >= 0.6 is 0 Å². The minimum absolute atomic E-state index is 0.208. The van der Waals surface area contributed by atoms with Crippen molar-refractivity contribution in [2.24, 2.45) is 0 Å². The highest BCUT2D eigenvalue weighted by atomic mass is 16.5. The van der Waals surface area contributed by atoms with Crippen LogP contribution in [0.25, 0.3) is 16.6 Å². The van der Waals surface area contributed by atoms with Crippen molar-refractivity contribution in [2.45, 2.75) is 19.6 Å². The predicted octanol–water partition coefficient (Wildman–Crippen LogP) is 2.66. The van der Waals surface area contributed by atoms with Crippen LogP contribution in [0.1, 0.15) is 18.2 Å². The van der Waals surface area contributed by atoms with Gasteiger partial charge in [0.15, 0.2) is 0 Å². The minimum Gasteiger partial charge on any atom is -0.439 e. The van der Waals surface area contributed by atoms with Crippen molar-refractivity contribution in [3.63, 3.8) is 0 Å². The van der Waals surface area contributed by atoms with Crippen LogP contribution in [0.5, 0.6) is 11.6 Å². The highest BCUT2D eigenvalue weighted by Crippen LogP contribution is 2.25. The molecule has 1 saturated heterocycles. The quantitative estimate of drug-likeness (QED) is 0.430. The van der Waals surface area contributed by atoms with E-state index in [2.05, 4.69) is 15.2 Å². The summed E-state index contributed by atoms with van der Waals surface area (Å²) in [7, 11) is 1.80. The number of ether oxygens (including phenoxy) is 1. The summed E-state index contributed by atoms with van der Waals surface area (Å²) in [6.45, 7) is 4.95. The van der Waals surface area contributed by atoms with E-state index in [0.717, 1.165) is 40.9 Å². The summed E-state index contributed by atoms with van der Waals surface area (Å²) in [5.41, 5.74) is 3.53. The number of nitrogens with zero attached hydrogens (tertiary/aromatic N) is 4. The van der Waals surface area contributed by atoms with Gasteiger partial charge in [0.05, 0.1) is 11.2 Å². The zero-order chi connectivity index (χ0) is 24.8. The number of hydrogen-bond donors (Lipinski definition) is 3. The molecule has 2 aromatic heterocycles. The summed E-state index contributed by atoms with van der Waals surface area (Å²) in [5, 5.41) is 20.8. The van der Waals surface area contributed by atoms with Crippen LogP contribution in [0, 0.1) is 5.41 Å². The van der Waals surface area contributed by atoms with Gasteiger partial charge in [0.1, 0.15) is 11.9 Å². The van der Waals surface area contributed by atoms with E-state index in [4.69, 9.17) is 15.1 Å². The zero-order valence-corrected chi connectivity index (χ0v) is 19.9. The van der Waals surface area contributed by atoms with E-state index in [1.165, 1.54) is 13.1 Å². The number of fused-ring (bicyclic) bond motifs is 1. The van der Waals surface area contributed by atoms with E-state index < -0.39 is 6.10 Å². The molecule has 0 spiro atoms. The molecule has 1 aliphatic heterocycles. The van der Waals surface area contributed by atoms with Gasteiger partial charge in [0.25, 0.3) is 5.91 Å². The lowest BCUT2D eigenvalue weighted by Gasteiger charge is -2.35. The first-order valence-corrected chi connectivity index (χ1v) is 11.6. The number of allylic oxidation sites excluding steroid dienone is 1. The summed E-state index contributed by atoms with van der Waals surface area (Å²) < 4.78 is 5.93. The van der Waals surface area contributed by atoms with Crippen molar-refractivity contribution in [3.8, 4) is 11.6 Å². The SMILES string of the molecule is CN/C(=C\C=N)c1ccc(Oc2ccc3nc(CN4CCN(C(=O)C(C)O)CC4)ccc3c2)nc1. The average Bonchev–Trinajstić information content (AvgIpc) is 2.88. The number of piperazine rings is 1. The summed E-state index contributed by atoms with van der Waals surface area (Å²) in [4.78, 5) is 25.1. The first-order valence-electron chi connectivity index (χ1n) is 11.6. The molecule has 1 unspecified atom stereocenters. The number of rotatable bonds is 8. The predicted molar refractivity (Wildman–Crippen MR) is 135 cm³/mol. The normalized spacial score (nSPS) is 15.6. The Labute approximate surface area is 204 Å². The number of hydrogen-bond acceptors (Lipinski definition) is 8. The van der Waals surface area contributed by atoms with Crippen molar-refractivity contribution in [3.05, 3.63) is 66.0 Å². The van der Waals surface area contributed by atoms with Gasteiger partial charge in [0, 0.05) is 74.9 Å². The maximum Gasteiger partial charge on any atom is 0.251 e. The van der Waals surface area contributed by atoms with E-state index in [9.17, 15) is 9.90 Å².